The van der Waals surface area contributed by atoms with Crippen LogP contribution in [-0.4, -0.2) is 53.6 Å². The summed E-state index contributed by atoms with van der Waals surface area (Å²) in [4.78, 5) is 26.1. The van der Waals surface area contributed by atoms with Crippen LogP contribution in [0.1, 0.15) is 32.3 Å². The molecule has 1 aliphatic rings. The predicted octanol–water partition coefficient (Wildman–Crippen LogP) is 0.681. The fourth-order valence-electron chi connectivity index (χ4n) is 2.88. The molecule has 0 spiro atoms. The van der Waals surface area contributed by atoms with Crippen molar-refractivity contribution in [1.29, 1.82) is 0 Å². The Morgan fingerprint density at radius 2 is 2.00 bits per heavy atom. The van der Waals surface area contributed by atoms with Gasteiger partial charge >= 0.3 is 0 Å². The minimum Gasteiger partial charge on any atom is -0.393 e. The van der Waals surface area contributed by atoms with Crippen molar-refractivity contribution in [3.63, 3.8) is 0 Å². The number of nitrogens with one attached hydrogen (secondary N) is 2. The van der Waals surface area contributed by atoms with Crippen LogP contribution in [0.25, 0.3) is 0 Å². The summed E-state index contributed by atoms with van der Waals surface area (Å²) in [6.45, 7) is 6.15. The lowest BCUT2D eigenvalue weighted by Gasteiger charge is -2.29. The maximum Gasteiger partial charge on any atom is 0.243 e. The summed E-state index contributed by atoms with van der Waals surface area (Å²) in [5.74, 6) is -0.589. The van der Waals surface area contributed by atoms with Crippen molar-refractivity contribution < 1.29 is 14.7 Å². The van der Waals surface area contributed by atoms with Crippen LogP contribution >= 0.6 is 0 Å². The second-order valence-corrected chi connectivity index (χ2v) is 7.24. The van der Waals surface area contributed by atoms with E-state index in [9.17, 15) is 14.7 Å². The van der Waals surface area contributed by atoms with Gasteiger partial charge in [0.05, 0.1) is 18.7 Å². The zero-order valence-corrected chi connectivity index (χ0v) is 15.6. The highest BCUT2D eigenvalue weighted by Crippen LogP contribution is 2.16. The third-order valence-electron chi connectivity index (χ3n) is 4.62. The summed E-state index contributed by atoms with van der Waals surface area (Å²) in [6.07, 6.45) is 1.42. The van der Waals surface area contributed by atoms with Gasteiger partial charge in [0.15, 0.2) is 0 Å². The molecule has 7 heteroatoms. The number of piperidine rings is 1. The summed E-state index contributed by atoms with van der Waals surface area (Å²) in [7, 11) is 0. The standard InChI is InChI=1S/C19H30N4O3/c1-13(2)18(20)19(26)21-11-17(25)22-15-5-3-4-14(10-15)12-23-8-6-16(24)7-9-23/h3-5,10,13,16,18,24H,6-9,11-12,20H2,1-2H3,(H,21,26)(H,22,25)/t18-/m0/s1. The molecule has 1 fully saturated rings. The van der Waals surface area contributed by atoms with Crippen LogP contribution < -0.4 is 16.4 Å². The minimum absolute atomic E-state index is 0.0191. The van der Waals surface area contributed by atoms with E-state index in [0.29, 0.717) is 5.69 Å². The molecule has 2 rings (SSSR count). The zero-order valence-electron chi connectivity index (χ0n) is 15.6. The molecule has 144 valence electrons. The van der Waals surface area contributed by atoms with Crippen molar-refractivity contribution in [3.05, 3.63) is 29.8 Å². The fourth-order valence-corrected chi connectivity index (χ4v) is 2.88. The molecule has 0 saturated carbocycles. The number of benzene rings is 1. The third kappa shape index (κ3) is 6.40. The van der Waals surface area contributed by atoms with E-state index in [4.69, 9.17) is 5.73 Å². The van der Waals surface area contributed by atoms with Crippen LogP contribution in [0.4, 0.5) is 5.69 Å². The van der Waals surface area contributed by atoms with Crippen molar-refractivity contribution in [2.45, 2.75) is 45.4 Å². The molecule has 26 heavy (non-hydrogen) atoms. The first kappa shape index (κ1) is 20.4. The van der Waals surface area contributed by atoms with E-state index < -0.39 is 6.04 Å². The van der Waals surface area contributed by atoms with Crippen molar-refractivity contribution >= 4 is 17.5 Å². The fraction of sp³-hybridized carbons (Fsp3) is 0.579. The van der Waals surface area contributed by atoms with Gasteiger partial charge < -0.3 is 21.5 Å². The Morgan fingerprint density at radius 3 is 2.65 bits per heavy atom. The van der Waals surface area contributed by atoms with E-state index in [-0.39, 0.29) is 30.4 Å². The number of rotatable bonds is 7. The van der Waals surface area contributed by atoms with E-state index in [0.717, 1.165) is 38.0 Å². The van der Waals surface area contributed by atoms with E-state index in [2.05, 4.69) is 15.5 Å². The van der Waals surface area contributed by atoms with Gasteiger partial charge in [0.25, 0.3) is 0 Å². The summed E-state index contributed by atoms with van der Waals surface area (Å²) in [5.41, 5.74) is 7.55. The molecule has 1 saturated heterocycles. The van der Waals surface area contributed by atoms with E-state index in [1.807, 2.05) is 38.1 Å². The summed E-state index contributed by atoms with van der Waals surface area (Å²) in [5, 5.41) is 14.9. The van der Waals surface area contributed by atoms with Crippen molar-refractivity contribution in [1.82, 2.24) is 10.2 Å². The molecule has 2 amide bonds. The smallest absolute Gasteiger partial charge is 0.243 e. The molecule has 1 aliphatic heterocycles. The molecule has 0 radical (unpaired) electrons. The lowest BCUT2D eigenvalue weighted by atomic mass is 10.1. The molecule has 1 aromatic rings. The molecule has 1 aromatic carbocycles. The number of aliphatic hydroxyl groups excluding tert-OH is 1. The van der Waals surface area contributed by atoms with Crippen LogP contribution in [0.15, 0.2) is 24.3 Å². The van der Waals surface area contributed by atoms with Gasteiger partial charge in [-0.2, -0.15) is 0 Å². The number of anilines is 1. The highest BCUT2D eigenvalue weighted by atomic mass is 16.3. The number of carbonyl (C=O) groups is 2. The molecular formula is C19H30N4O3. The average Bonchev–Trinajstić information content (AvgIpc) is 2.61. The molecule has 7 nitrogen and oxygen atoms in total. The van der Waals surface area contributed by atoms with Gasteiger partial charge in [0.1, 0.15) is 0 Å². The largest absolute Gasteiger partial charge is 0.393 e. The van der Waals surface area contributed by atoms with Crippen LogP contribution in [-0.2, 0) is 16.1 Å². The molecular weight excluding hydrogens is 332 g/mol. The first-order valence-corrected chi connectivity index (χ1v) is 9.17. The van der Waals surface area contributed by atoms with Gasteiger partial charge in [-0.15, -0.1) is 0 Å². The maximum atomic E-state index is 12.0. The van der Waals surface area contributed by atoms with Gasteiger partial charge in [-0.1, -0.05) is 26.0 Å². The SMILES string of the molecule is CC(C)[C@H](N)C(=O)NCC(=O)Nc1cccc(CN2CCC(O)CC2)c1. The number of aliphatic hydroxyl groups is 1. The Hall–Kier alpha value is -1.96. The second kappa shape index (κ2) is 9.66. The van der Waals surface area contributed by atoms with Crippen molar-refractivity contribution in [2.75, 3.05) is 25.0 Å². The molecule has 1 heterocycles. The molecule has 5 N–H and O–H groups in total. The summed E-state index contributed by atoms with van der Waals surface area (Å²) < 4.78 is 0. The lowest BCUT2D eigenvalue weighted by Crippen LogP contribution is -2.46. The topological polar surface area (TPSA) is 108 Å². The number of carbonyl (C=O) groups excluding carboxylic acids is 2. The van der Waals surface area contributed by atoms with E-state index in [1.165, 1.54) is 0 Å². The van der Waals surface area contributed by atoms with Crippen LogP contribution in [0.5, 0.6) is 0 Å². The van der Waals surface area contributed by atoms with Crippen molar-refractivity contribution in [3.8, 4) is 0 Å². The number of likely N-dealkylation sites (tertiary alicyclic amines) is 1. The van der Waals surface area contributed by atoms with Crippen LogP contribution in [0.3, 0.4) is 0 Å². The Labute approximate surface area is 154 Å². The van der Waals surface area contributed by atoms with Gasteiger partial charge in [-0.25, -0.2) is 0 Å². The molecule has 0 unspecified atom stereocenters. The molecule has 1 atom stereocenters. The molecule has 0 aromatic heterocycles. The average molecular weight is 362 g/mol. The Bertz CT molecular complexity index is 613. The lowest BCUT2D eigenvalue weighted by molar-refractivity contribution is -0.125. The van der Waals surface area contributed by atoms with Gasteiger partial charge in [0, 0.05) is 25.3 Å². The minimum atomic E-state index is -0.616. The zero-order chi connectivity index (χ0) is 19.1. The first-order chi connectivity index (χ1) is 12.3. The number of nitrogens with two attached hydrogens (primary N) is 1. The van der Waals surface area contributed by atoms with Crippen molar-refractivity contribution in [2.24, 2.45) is 11.7 Å². The Morgan fingerprint density at radius 1 is 1.31 bits per heavy atom. The normalized spacial score (nSPS) is 17.1. The van der Waals surface area contributed by atoms with Gasteiger partial charge in [-0.05, 0) is 36.5 Å². The second-order valence-electron chi connectivity index (χ2n) is 7.24. The monoisotopic (exact) mass is 362 g/mol. The maximum absolute atomic E-state index is 12.0. The first-order valence-electron chi connectivity index (χ1n) is 9.17. The quantitative estimate of drug-likeness (QED) is 0.571. The van der Waals surface area contributed by atoms with Gasteiger partial charge in [-0.3, -0.25) is 14.5 Å². The predicted molar refractivity (Wildman–Crippen MR) is 101 cm³/mol. The van der Waals surface area contributed by atoms with Crippen LogP contribution in [0, 0.1) is 5.92 Å². The van der Waals surface area contributed by atoms with Gasteiger partial charge in [0.2, 0.25) is 11.8 Å². The number of nitrogens with zero attached hydrogens (tertiary/aromatic N) is 1. The number of hydrogen-bond acceptors (Lipinski definition) is 5. The molecule has 0 bridgehead atoms. The third-order valence-corrected chi connectivity index (χ3v) is 4.62. The number of hydrogen-bond donors (Lipinski definition) is 4. The van der Waals surface area contributed by atoms with E-state index >= 15 is 0 Å². The highest BCUT2D eigenvalue weighted by molar-refractivity contribution is 5.95. The molecule has 0 aliphatic carbocycles. The summed E-state index contributed by atoms with van der Waals surface area (Å²) in [6, 6.07) is 7.06. The Balaban J connectivity index is 1.82. The van der Waals surface area contributed by atoms with Crippen LogP contribution in [0.2, 0.25) is 0 Å². The number of amides is 2. The Kier molecular flexibility index (Phi) is 7.56. The highest BCUT2D eigenvalue weighted by Gasteiger charge is 2.18. The summed E-state index contributed by atoms with van der Waals surface area (Å²) >= 11 is 0. The van der Waals surface area contributed by atoms with E-state index in [1.54, 1.807) is 0 Å².